The van der Waals surface area contributed by atoms with Gasteiger partial charge in [-0.1, -0.05) is 0 Å². The molecule has 1 aromatic carbocycles. The number of hydrogen-bond acceptors (Lipinski definition) is 5. The van der Waals surface area contributed by atoms with Crippen molar-refractivity contribution in [2.75, 3.05) is 33.0 Å². The molecule has 1 aromatic rings. The number of nitrogens with zero attached hydrogens (tertiary/aromatic N) is 1. The summed E-state index contributed by atoms with van der Waals surface area (Å²) >= 11 is 0. The average molecular weight is 304 g/mol. The normalized spacial score (nSPS) is 26.9. The van der Waals surface area contributed by atoms with Gasteiger partial charge in [-0.3, -0.25) is 0 Å². The van der Waals surface area contributed by atoms with Crippen LogP contribution in [0, 0.1) is 0 Å². The lowest BCUT2D eigenvalue weighted by Gasteiger charge is -2.35. The number of nitrogens with one attached hydrogen (secondary N) is 1. The van der Waals surface area contributed by atoms with E-state index in [1.165, 1.54) is 38.8 Å². The van der Waals surface area contributed by atoms with Gasteiger partial charge in [0.05, 0.1) is 0 Å². The van der Waals surface area contributed by atoms with E-state index in [2.05, 4.69) is 10.2 Å². The number of hydrogen-bond donors (Lipinski definition) is 1. The first-order chi connectivity index (χ1) is 10.9. The number of ether oxygens (including phenoxy) is 3. The van der Waals surface area contributed by atoms with E-state index < -0.39 is 0 Å². The Labute approximate surface area is 131 Å². The molecular weight excluding hydrogens is 280 g/mol. The van der Waals surface area contributed by atoms with Gasteiger partial charge in [0.1, 0.15) is 12.4 Å². The molecule has 2 fully saturated rings. The van der Waals surface area contributed by atoms with Crippen LogP contribution in [0.3, 0.4) is 0 Å². The first kappa shape index (κ1) is 14.2. The summed E-state index contributed by atoms with van der Waals surface area (Å²) in [6.45, 7) is 4.45. The number of fused-ring (bicyclic) bond motifs is 2. The average Bonchev–Trinajstić information content (AvgIpc) is 3.19. The van der Waals surface area contributed by atoms with Crippen LogP contribution in [0.15, 0.2) is 18.2 Å². The molecule has 0 spiro atoms. The van der Waals surface area contributed by atoms with Crippen LogP contribution < -0.4 is 19.5 Å². The molecule has 120 valence electrons. The summed E-state index contributed by atoms with van der Waals surface area (Å²) in [5.74, 6) is 2.42. The van der Waals surface area contributed by atoms with Gasteiger partial charge in [-0.15, -0.1) is 0 Å². The summed E-state index contributed by atoms with van der Waals surface area (Å²) < 4.78 is 16.5. The Morgan fingerprint density at radius 2 is 2.14 bits per heavy atom. The van der Waals surface area contributed by atoms with Crippen LogP contribution in [-0.2, 0) is 0 Å². The Hall–Kier alpha value is -1.46. The third kappa shape index (κ3) is 3.01. The largest absolute Gasteiger partial charge is 0.492 e. The van der Waals surface area contributed by atoms with E-state index in [-0.39, 0.29) is 0 Å². The predicted molar refractivity (Wildman–Crippen MR) is 83.7 cm³/mol. The van der Waals surface area contributed by atoms with Gasteiger partial charge in [0.2, 0.25) is 6.79 Å². The molecule has 4 rings (SSSR count). The Balaban J connectivity index is 1.19. The molecule has 2 atom stereocenters. The van der Waals surface area contributed by atoms with Gasteiger partial charge >= 0.3 is 0 Å². The van der Waals surface area contributed by atoms with Crippen LogP contribution in [0.1, 0.15) is 25.7 Å². The van der Waals surface area contributed by atoms with Crippen molar-refractivity contribution in [3.05, 3.63) is 18.2 Å². The standard InChI is InChI=1S/C17H24N2O3/c1-2-14-10-13(5-8-19(14)7-1)18-6-9-20-15-3-4-16-17(11-15)22-12-21-16/h3-4,11,13-14,18H,1-2,5-10,12H2/t13-,14-/m0/s1. The van der Waals surface area contributed by atoms with Crippen molar-refractivity contribution in [1.82, 2.24) is 10.2 Å². The van der Waals surface area contributed by atoms with Crippen molar-refractivity contribution in [3.8, 4) is 17.2 Å². The minimum Gasteiger partial charge on any atom is -0.492 e. The van der Waals surface area contributed by atoms with Crippen molar-refractivity contribution in [1.29, 1.82) is 0 Å². The number of rotatable bonds is 5. The monoisotopic (exact) mass is 304 g/mol. The van der Waals surface area contributed by atoms with E-state index in [0.717, 1.165) is 29.8 Å². The Bertz CT molecular complexity index is 523. The second-order valence-corrected chi connectivity index (χ2v) is 6.37. The molecule has 0 saturated carbocycles. The molecule has 3 aliphatic rings. The van der Waals surface area contributed by atoms with Crippen LogP contribution >= 0.6 is 0 Å². The maximum atomic E-state index is 5.80. The molecule has 0 bridgehead atoms. The third-order valence-electron chi connectivity index (χ3n) is 4.97. The fourth-order valence-electron chi connectivity index (χ4n) is 3.81. The highest BCUT2D eigenvalue weighted by Crippen LogP contribution is 2.35. The Kier molecular flexibility index (Phi) is 4.08. The third-order valence-corrected chi connectivity index (χ3v) is 4.97. The van der Waals surface area contributed by atoms with Gasteiger partial charge in [0.15, 0.2) is 11.5 Å². The fourth-order valence-corrected chi connectivity index (χ4v) is 3.81. The lowest BCUT2D eigenvalue weighted by Crippen LogP contribution is -2.46. The van der Waals surface area contributed by atoms with Crippen LogP contribution in [-0.4, -0.2) is 50.0 Å². The zero-order chi connectivity index (χ0) is 14.8. The highest BCUT2D eigenvalue weighted by molar-refractivity contribution is 5.46. The number of benzene rings is 1. The van der Waals surface area contributed by atoms with Gasteiger partial charge in [-0.2, -0.15) is 0 Å². The molecule has 0 aromatic heterocycles. The minimum absolute atomic E-state index is 0.306. The molecule has 2 saturated heterocycles. The van der Waals surface area contributed by atoms with Crippen LogP contribution in [0.4, 0.5) is 0 Å². The number of piperidine rings is 1. The minimum atomic E-state index is 0.306. The molecule has 0 unspecified atom stereocenters. The van der Waals surface area contributed by atoms with Crippen LogP contribution in [0.25, 0.3) is 0 Å². The molecule has 0 aliphatic carbocycles. The maximum Gasteiger partial charge on any atom is 0.231 e. The van der Waals surface area contributed by atoms with Crippen LogP contribution in [0.5, 0.6) is 17.2 Å². The van der Waals surface area contributed by atoms with Gasteiger partial charge in [-0.25, -0.2) is 0 Å². The Morgan fingerprint density at radius 3 is 3.14 bits per heavy atom. The quantitative estimate of drug-likeness (QED) is 0.843. The first-order valence-electron chi connectivity index (χ1n) is 8.38. The SMILES string of the molecule is c1cc2c(cc1OCCN[C@H]1CCN3CCC[C@H]3C1)OCO2. The molecule has 0 amide bonds. The van der Waals surface area contributed by atoms with Gasteiger partial charge < -0.3 is 24.4 Å². The van der Waals surface area contributed by atoms with Gasteiger partial charge in [-0.05, 0) is 50.9 Å². The molecule has 5 heteroatoms. The van der Waals surface area contributed by atoms with Crippen LogP contribution in [0.2, 0.25) is 0 Å². The molecule has 3 aliphatic heterocycles. The summed E-state index contributed by atoms with van der Waals surface area (Å²) in [5, 5.41) is 3.65. The van der Waals surface area contributed by atoms with Crippen molar-refractivity contribution in [2.45, 2.75) is 37.8 Å². The van der Waals surface area contributed by atoms with E-state index in [0.29, 0.717) is 19.4 Å². The molecule has 1 N–H and O–H groups in total. The molecule has 0 radical (unpaired) electrons. The topological polar surface area (TPSA) is 43.0 Å². The fraction of sp³-hybridized carbons (Fsp3) is 0.647. The predicted octanol–water partition coefficient (Wildman–Crippen LogP) is 2.01. The van der Waals surface area contributed by atoms with E-state index in [9.17, 15) is 0 Å². The Morgan fingerprint density at radius 1 is 1.18 bits per heavy atom. The zero-order valence-corrected chi connectivity index (χ0v) is 12.9. The van der Waals surface area contributed by atoms with Crippen molar-refractivity contribution < 1.29 is 14.2 Å². The lowest BCUT2D eigenvalue weighted by atomic mass is 9.98. The maximum absolute atomic E-state index is 5.80. The van der Waals surface area contributed by atoms with Crippen molar-refractivity contribution in [3.63, 3.8) is 0 Å². The smallest absolute Gasteiger partial charge is 0.231 e. The summed E-state index contributed by atoms with van der Waals surface area (Å²) in [4.78, 5) is 2.65. The highest BCUT2D eigenvalue weighted by Gasteiger charge is 2.31. The zero-order valence-electron chi connectivity index (χ0n) is 12.9. The van der Waals surface area contributed by atoms with E-state index in [1.54, 1.807) is 0 Å². The van der Waals surface area contributed by atoms with Crippen molar-refractivity contribution >= 4 is 0 Å². The van der Waals surface area contributed by atoms with E-state index >= 15 is 0 Å². The van der Waals surface area contributed by atoms with Crippen molar-refractivity contribution in [2.24, 2.45) is 0 Å². The lowest BCUT2D eigenvalue weighted by molar-refractivity contribution is 0.163. The summed E-state index contributed by atoms with van der Waals surface area (Å²) in [7, 11) is 0. The highest BCUT2D eigenvalue weighted by atomic mass is 16.7. The second kappa shape index (κ2) is 6.34. The van der Waals surface area contributed by atoms with Gasteiger partial charge in [0, 0.05) is 24.7 Å². The summed E-state index contributed by atoms with van der Waals surface area (Å²) in [6.07, 6.45) is 5.32. The molecular formula is C17H24N2O3. The van der Waals surface area contributed by atoms with E-state index in [1.807, 2.05) is 18.2 Å². The van der Waals surface area contributed by atoms with E-state index in [4.69, 9.17) is 14.2 Å². The molecule has 5 nitrogen and oxygen atoms in total. The second-order valence-electron chi connectivity index (χ2n) is 6.37. The molecule has 22 heavy (non-hydrogen) atoms. The van der Waals surface area contributed by atoms with Gasteiger partial charge in [0.25, 0.3) is 0 Å². The summed E-state index contributed by atoms with van der Waals surface area (Å²) in [6, 6.07) is 7.21. The molecule has 3 heterocycles. The first-order valence-corrected chi connectivity index (χ1v) is 8.38. The summed E-state index contributed by atoms with van der Waals surface area (Å²) in [5.41, 5.74) is 0.